The van der Waals surface area contributed by atoms with Gasteiger partial charge in [-0.2, -0.15) is 0 Å². The lowest BCUT2D eigenvalue weighted by molar-refractivity contribution is -0.383. The molecule has 1 aliphatic rings. The van der Waals surface area contributed by atoms with Crippen LogP contribution in [0.1, 0.15) is 11.1 Å². The van der Waals surface area contributed by atoms with Crippen molar-refractivity contribution >= 4 is 17.3 Å². The Balaban J connectivity index is 1.98. The van der Waals surface area contributed by atoms with Crippen LogP contribution in [0.15, 0.2) is 30.6 Å². The molecule has 2 aromatic rings. The molecule has 1 aromatic heterocycles. The SMILES string of the molecule is CN(C)Nc1ncnc(N2CCc3ccccc3C2)c1[N+](=O)[O-]. The van der Waals surface area contributed by atoms with Gasteiger partial charge in [-0.3, -0.25) is 15.5 Å². The average molecular weight is 314 g/mol. The van der Waals surface area contributed by atoms with Crippen LogP contribution in [-0.4, -0.2) is 40.5 Å². The zero-order valence-electron chi connectivity index (χ0n) is 13.1. The molecule has 0 fully saturated rings. The second-order valence-corrected chi connectivity index (χ2v) is 5.60. The molecule has 0 atom stereocenters. The maximum absolute atomic E-state index is 11.6. The smallest absolute Gasteiger partial charge is 0.346 e. The molecule has 0 saturated heterocycles. The van der Waals surface area contributed by atoms with E-state index in [-0.39, 0.29) is 11.5 Å². The highest BCUT2D eigenvalue weighted by Crippen LogP contribution is 2.34. The molecule has 1 N–H and O–H groups in total. The van der Waals surface area contributed by atoms with Gasteiger partial charge in [0.15, 0.2) is 0 Å². The molecule has 0 amide bonds. The number of hydrogen-bond donors (Lipinski definition) is 1. The Kier molecular flexibility index (Phi) is 4.07. The lowest BCUT2D eigenvalue weighted by atomic mass is 10.00. The van der Waals surface area contributed by atoms with Crippen LogP contribution in [0, 0.1) is 10.1 Å². The standard InChI is InChI=1S/C15H18N6O2/c1-19(2)18-14-13(21(22)23)15(17-10-16-14)20-8-7-11-5-3-4-6-12(11)9-20/h3-6,10H,7-9H2,1-2H3,(H,16,17,18). The first kappa shape index (κ1) is 15.2. The van der Waals surface area contributed by atoms with Crippen LogP contribution in [-0.2, 0) is 13.0 Å². The number of anilines is 2. The highest BCUT2D eigenvalue weighted by Gasteiger charge is 2.29. The average Bonchev–Trinajstić information content (AvgIpc) is 2.53. The Labute approximate surface area is 133 Å². The van der Waals surface area contributed by atoms with Crippen LogP contribution < -0.4 is 10.3 Å². The van der Waals surface area contributed by atoms with E-state index < -0.39 is 4.92 Å². The molecular weight excluding hydrogens is 296 g/mol. The predicted octanol–water partition coefficient (Wildman–Crippen LogP) is 1.84. The van der Waals surface area contributed by atoms with E-state index in [1.54, 1.807) is 19.1 Å². The van der Waals surface area contributed by atoms with E-state index in [1.165, 1.54) is 17.5 Å². The molecule has 0 aliphatic carbocycles. The van der Waals surface area contributed by atoms with Crippen molar-refractivity contribution in [1.82, 2.24) is 15.0 Å². The number of hydrazine groups is 1. The number of nitrogens with one attached hydrogen (secondary N) is 1. The number of benzene rings is 1. The highest BCUT2D eigenvalue weighted by molar-refractivity contribution is 5.70. The van der Waals surface area contributed by atoms with Gasteiger partial charge in [0.1, 0.15) is 6.33 Å². The minimum Gasteiger partial charge on any atom is -0.346 e. The number of nitrogens with zero attached hydrogens (tertiary/aromatic N) is 5. The van der Waals surface area contributed by atoms with E-state index in [4.69, 9.17) is 0 Å². The number of rotatable bonds is 4. The van der Waals surface area contributed by atoms with Crippen molar-refractivity contribution < 1.29 is 4.92 Å². The van der Waals surface area contributed by atoms with Crippen LogP contribution in [0.2, 0.25) is 0 Å². The summed E-state index contributed by atoms with van der Waals surface area (Å²) >= 11 is 0. The van der Waals surface area contributed by atoms with Gasteiger partial charge in [-0.15, -0.1) is 0 Å². The first-order chi connectivity index (χ1) is 11.1. The molecule has 2 heterocycles. The van der Waals surface area contributed by atoms with E-state index in [0.717, 1.165) is 6.42 Å². The number of fused-ring (bicyclic) bond motifs is 1. The van der Waals surface area contributed by atoms with Crippen molar-refractivity contribution in [3.8, 4) is 0 Å². The van der Waals surface area contributed by atoms with Crippen molar-refractivity contribution in [3.63, 3.8) is 0 Å². The minimum atomic E-state index is -0.429. The molecule has 0 bridgehead atoms. The van der Waals surface area contributed by atoms with Gasteiger partial charge in [-0.25, -0.2) is 15.0 Å². The monoisotopic (exact) mass is 314 g/mol. The summed E-state index contributed by atoms with van der Waals surface area (Å²) in [5, 5.41) is 13.2. The number of aromatic nitrogens is 2. The zero-order valence-corrected chi connectivity index (χ0v) is 13.1. The fourth-order valence-electron chi connectivity index (χ4n) is 2.74. The quantitative estimate of drug-likeness (QED) is 0.680. The Morgan fingerprint density at radius 3 is 2.70 bits per heavy atom. The summed E-state index contributed by atoms with van der Waals surface area (Å²) in [4.78, 5) is 21.2. The maximum Gasteiger partial charge on any atom is 0.354 e. The van der Waals surface area contributed by atoms with Gasteiger partial charge in [-0.1, -0.05) is 24.3 Å². The summed E-state index contributed by atoms with van der Waals surface area (Å²) in [6.07, 6.45) is 2.20. The number of hydrogen-bond acceptors (Lipinski definition) is 7. The molecule has 0 spiro atoms. The minimum absolute atomic E-state index is 0.0967. The Morgan fingerprint density at radius 1 is 1.26 bits per heavy atom. The third-order valence-electron chi connectivity index (χ3n) is 3.75. The topological polar surface area (TPSA) is 87.4 Å². The Bertz CT molecular complexity index is 734. The fourth-order valence-corrected chi connectivity index (χ4v) is 2.74. The second-order valence-electron chi connectivity index (χ2n) is 5.60. The molecule has 3 rings (SSSR count). The van der Waals surface area contributed by atoms with Gasteiger partial charge in [0.2, 0.25) is 11.6 Å². The van der Waals surface area contributed by atoms with Gasteiger partial charge in [0, 0.05) is 27.2 Å². The van der Waals surface area contributed by atoms with Crippen molar-refractivity contribution in [2.24, 2.45) is 0 Å². The molecule has 1 aliphatic heterocycles. The normalized spacial score (nSPS) is 13.8. The van der Waals surface area contributed by atoms with E-state index in [1.807, 2.05) is 23.1 Å². The molecule has 0 unspecified atom stereocenters. The first-order valence-corrected chi connectivity index (χ1v) is 7.31. The van der Waals surface area contributed by atoms with Crippen molar-refractivity contribution in [3.05, 3.63) is 51.8 Å². The molecule has 0 saturated carbocycles. The van der Waals surface area contributed by atoms with Crippen LogP contribution in [0.4, 0.5) is 17.3 Å². The van der Waals surface area contributed by atoms with Crippen LogP contribution in [0.25, 0.3) is 0 Å². The third kappa shape index (κ3) is 3.07. The van der Waals surface area contributed by atoms with Crippen LogP contribution in [0.3, 0.4) is 0 Å². The summed E-state index contributed by atoms with van der Waals surface area (Å²) in [6.45, 7) is 1.30. The lowest BCUT2D eigenvalue weighted by Gasteiger charge is -2.29. The Hall–Kier alpha value is -2.74. The van der Waals surface area contributed by atoms with Crippen molar-refractivity contribution in [2.45, 2.75) is 13.0 Å². The van der Waals surface area contributed by atoms with E-state index >= 15 is 0 Å². The predicted molar refractivity (Wildman–Crippen MR) is 87.2 cm³/mol. The molecule has 8 nitrogen and oxygen atoms in total. The fraction of sp³-hybridized carbons (Fsp3) is 0.333. The van der Waals surface area contributed by atoms with Gasteiger partial charge in [-0.05, 0) is 17.5 Å². The molecule has 8 heteroatoms. The van der Waals surface area contributed by atoms with Gasteiger partial charge >= 0.3 is 5.69 Å². The second kappa shape index (κ2) is 6.17. The van der Waals surface area contributed by atoms with E-state index in [0.29, 0.717) is 18.9 Å². The maximum atomic E-state index is 11.6. The Morgan fingerprint density at radius 2 is 2.00 bits per heavy atom. The van der Waals surface area contributed by atoms with Gasteiger partial charge < -0.3 is 4.90 Å². The molecule has 1 aromatic carbocycles. The summed E-state index contributed by atoms with van der Waals surface area (Å²) in [5.41, 5.74) is 5.23. The van der Waals surface area contributed by atoms with E-state index in [9.17, 15) is 10.1 Å². The molecule has 0 radical (unpaired) electrons. The molecule has 23 heavy (non-hydrogen) atoms. The van der Waals surface area contributed by atoms with Crippen molar-refractivity contribution in [1.29, 1.82) is 0 Å². The van der Waals surface area contributed by atoms with Crippen LogP contribution in [0.5, 0.6) is 0 Å². The van der Waals surface area contributed by atoms with E-state index in [2.05, 4.69) is 21.5 Å². The summed E-state index contributed by atoms with van der Waals surface area (Å²) in [7, 11) is 3.51. The summed E-state index contributed by atoms with van der Waals surface area (Å²) in [6, 6.07) is 8.14. The van der Waals surface area contributed by atoms with Crippen LogP contribution >= 0.6 is 0 Å². The molecule has 120 valence electrons. The van der Waals surface area contributed by atoms with Gasteiger partial charge in [0.25, 0.3) is 0 Å². The number of nitro groups is 1. The van der Waals surface area contributed by atoms with Crippen molar-refractivity contribution in [2.75, 3.05) is 31.0 Å². The lowest BCUT2D eigenvalue weighted by Crippen LogP contribution is -2.32. The third-order valence-corrected chi connectivity index (χ3v) is 3.75. The molecular formula is C15H18N6O2. The highest BCUT2D eigenvalue weighted by atomic mass is 16.6. The largest absolute Gasteiger partial charge is 0.354 e. The first-order valence-electron chi connectivity index (χ1n) is 7.31. The zero-order chi connectivity index (χ0) is 16.4. The summed E-state index contributed by atoms with van der Waals surface area (Å²) < 4.78 is 0. The summed E-state index contributed by atoms with van der Waals surface area (Å²) in [5.74, 6) is 0.549. The van der Waals surface area contributed by atoms with Gasteiger partial charge in [0.05, 0.1) is 4.92 Å².